The third-order valence-electron chi connectivity index (χ3n) is 5.29. The zero-order chi connectivity index (χ0) is 24.5. The lowest BCUT2D eigenvalue weighted by Gasteiger charge is -2.11. The molecule has 0 fully saturated rings. The fourth-order valence-corrected chi connectivity index (χ4v) is 5.09. The van der Waals surface area contributed by atoms with Crippen molar-refractivity contribution < 1.29 is 14.3 Å². The van der Waals surface area contributed by atoms with Gasteiger partial charge in [-0.15, -0.1) is 16.4 Å². The summed E-state index contributed by atoms with van der Waals surface area (Å²) in [6, 6.07) is 19.6. The Hall–Kier alpha value is -3.72. The number of nitrogens with one attached hydrogen (secondary N) is 1. The molecular weight excluding hydrogens is 507 g/mol. The highest BCUT2D eigenvalue weighted by Crippen LogP contribution is 2.36. The van der Waals surface area contributed by atoms with Crippen molar-refractivity contribution in [3.05, 3.63) is 93.4 Å². The molecule has 0 unspecified atom stereocenters. The number of rotatable bonds is 5. The van der Waals surface area contributed by atoms with E-state index in [1.165, 1.54) is 18.4 Å². The number of methoxy groups -OCH3 is 1. The number of esters is 1. The normalized spacial score (nSPS) is 10.9. The van der Waals surface area contributed by atoms with Crippen molar-refractivity contribution in [2.45, 2.75) is 0 Å². The number of fused-ring (bicyclic) bond motifs is 1. The van der Waals surface area contributed by atoms with Gasteiger partial charge in [0.1, 0.15) is 10.6 Å². The molecule has 3 aromatic carbocycles. The summed E-state index contributed by atoms with van der Waals surface area (Å²) in [4.78, 5) is 25.9. The smallest absolute Gasteiger partial charge is 0.339 e. The number of thiophene rings is 1. The van der Waals surface area contributed by atoms with Gasteiger partial charge in [0.15, 0.2) is 0 Å². The van der Waals surface area contributed by atoms with Crippen molar-refractivity contribution in [1.29, 1.82) is 0 Å². The van der Waals surface area contributed by atoms with Crippen LogP contribution in [-0.4, -0.2) is 34.0 Å². The molecule has 5 aromatic rings. The first-order chi connectivity index (χ1) is 16.9. The first-order valence-electron chi connectivity index (χ1n) is 10.3. The molecule has 5 rings (SSSR count). The van der Waals surface area contributed by atoms with Crippen LogP contribution in [0.2, 0.25) is 10.0 Å². The number of nitrogens with zero attached hydrogens (tertiary/aromatic N) is 3. The van der Waals surface area contributed by atoms with E-state index in [1.807, 2.05) is 36.4 Å². The molecule has 0 bridgehead atoms. The number of carbonyl (C=O) groups excluding carboxylic acids is 2. The fourth-order valence-electron chi connectivity index (χ4n) is 3.55. The van der Waals surface area contributed by atoms with E-state index in [0.717, 1.165) is 15.8 Å². The molecule has 35 heavy (non-hydrogen) atoms. The van der Waals surface area contributed by atoms with Gasteiger partial charge in [-0.05, 0) is 42.5 Å². The maximum Gasteiger partial charge on any atom is 0.339 e. The molecule has 0 aliphatic rings. The lowest BCUT2D eigenvalue weighted by atomic mass is 10.1. The van der Waals surface area contributed by atoms with Crippen LogP contribution in [0.4, 0.5) is 5.69 Å². The second-order valence-corrected chi connectivity index (χ2v) is 9.34. The summed E-state index contributed by atoms with van der Waals surface area (Å²) in [5.41, 5.74) is 2.45. The molecular formula is C25H16Cl2N4O3S. The molecule has 0 atom stereocenters. The molecule has 174 valence electrons. The molecule has 2 aromatic heterocycles. The predicted octanol–water partition coefficient (Wildman–Crippen LogP) is 6.49. The number of hydrogen-bond acceptors (Lipinski definition) is 6. The van der Waals surface area contributed by atoms with Gasteiger partial charge in [-0.2, -0.15) is 0 Å². The zero-order valence-electron chi connectivity index (χ0n) is 18.2. The minimum atomic E-state index is -0.584. The van der Waals surface area contributed by atoms with Gasteiger partial charge in [0.2, 0.25) is 0 Å². The number of benzene rings is 3. The van der Waals surface area contributed by atoms with Crippen LogP contribution in [0.3, 0.4) is 0 Å². The average molecular weight is 523 g/mol. The van der Waals surface area contributed by atoms with E-state index < -0.39 is 11.9 Å². The standard InChI is InChI=1S/C25H16Cl2N4O3S/c1-34-25(33)17-11-6-14(20-13-31(30-29-20)16-9-7-15(26)8-10-16)12-19(17)28-24(32)23-22(27)18-4-2-3-5-21(18)35-23/h2-13H,1H3,(H,28,32). The largest absolute Gasteiger partial charge is 0.465 e. The molecule has 10 heteroatoms. The lowest BCUT2D eigenvalue weighted by Crippen LogP contribution is -2.15. The third kappa shape index (κ3) is 4.51. The van der Waals surface area contributed by atoms with E-state index in [4.69, 9.17) is 27.9 Å². The Morgan fingerprint density at radius 3 is 2.54 bits per heavy atom. The Kier molecular flexibility index (Phi) is 6.25. The van der Waals surface area contributed by atoms with Crippen molar-refractivity contribution in [3.8, 4) is 16.9 Å². The Labute approximate surface area is 213 Å². The topological polar surface area (TPSA) is 86.1 Å². The van der Waals surface area contributed by atoms with E-state index in [2.05, 4.69) is 15.6 Å². The van der Waals surface area contributed by atoms with Crippen molar-refractivity contribution >= 4 is 62.2 Å². The number of aromatic nitrogens is 3. The van der Waals surface area contributed by atoms with Crippen molar-refractivity contribution in [2.75, 3.05) is 12.4 Å². The molecule has 1 amide bonds. The summed E-state index contributed by atoms with van der Waals surface area (Å²) in [6.07, 6.45) is 1.74. The summed E-state index contributed by atoms with van der Waals surface area (Å²) in [6.45, 7) is 0. The molecule has 0 radical (unpaired) electrons. The van der Waals surface area contributed by atoms with Crippen LogP contribution >= 0.6 is 34.5 Å². The van der Waals surface area contributed by atoms with Crippen LogP contribution in [0.1, 0.15) is 20.0 Å². The highest BCUT2D eigenvalue weighted by atomic mass is 35.5. The lowest BCUT2D eigenvalue weighted by molar-refractivity contribution is 0.0602. The predicted molar refractivity (Wildman–Crippen MR) is 138 cm³/mol. The summed E-state index contributed by atoms with van der Waals surface area (Å²) in [7, 11) is 1.28. The zero-order valence-corrected chi connectivity index (χ0v) is 20.5. The minimum Gasteiger partial charge on any atom is -0.465 e. The highest BCUT2D eigenvalue weighted by Gasteiger charge is 2.21. The second kappa shape index (κ2) is 9.50. The first-order valence-corrected chi connectivity index (χ1v) is 11.9. The fraction of sp³-hybridized carbons (Fsp3) is 0.0400. The summed E-state index contributed by atoms with van der Waals surface area (Å²) in [5, 5.41) is 13.0. The van der Waals surface area contributed by atoms with Gasteiger partial charge < -0.3 is 10.1 Å². The van der Waals surface area contributed by atoms with Gasteiger partial charge in [-0.3, -0.25) is 4.79 Å². The minimum absolute atomic E-state index is 0.201. The summed E-state index contributed by atoms with van der Waals surface area (Å²) in [5.74, 6) is -1.01. The Morgan fingerprint density at radius 1 is 1.03 bits per heavy atom. The number of anilines is 1. The molecule has 2 heterocycles. The number of ether oxygens (including phenoxy) is 1. The van der Waals surface area contributed by atoms with Crippen LogP contribution in [-0.2, 0) is 4.74 Å². The van der Waals surface area contributed by atoms with Crippen LogP contribution < -0.4 is 5.32 Å². The van der Waals surface area contributed by atoms with Gasteiger partial charge in [-0.25, -0.2) is 9.48 Å². The van der Waals surface area contributed by atoms with Gasteiger partial charge in [0, 0.05) is 20.7 Å². The number of halogens is 2. The van der Waals surface area contributed by atoms with Crippen LogP contribution in [0.25, 0.3) is 27.0 Å². The van der Waals surface area contributed by atoms with Crippen molar-refractivity contribution in [2.24, 2.45) is 0 Å². The maximum atomic E-state index is 13.2. The van der Waals surface area contributed by atoms with Gasteiger partial charge in [-0.1, -0.05) is 52.7 Å². The monoisotopic (exact) mass is 522 g/mol. The van der Waals surface area contributed by atoms with Gasteiger partial charge >= 0.3 is 5.97 Å². The van der Waals surface area contributed by atoms with E-state index >= 15 is 0 Å². The quantitative estimate of drug-likeness (QED) is 0.266. The highest BCUT2D eigenvalue weighted by molar-refractivity contribution is 7.21. The molecule has 0 aliphatic heterocycles. The Bertz CT molecular complexity index is 1580. The molecule has 7 nitrogen and oxygen atoms in total. The van der Waals surface area contributed by atoms with E-state index in [0.29, 0.717) is 26.2 Å². The summed E-state index contributed by atoms with van der Waals surface area (Å²) < 4.78 is 7.39. The Morgan fingerprint density at radius 2 is 1.80 bits per heavy atom. The number of carbonyl (C=O) groups is 2. The van der Waals surface area contributed by atoms with E-state index in [1.54, 1.807) is 41.2 Å². The van der Waals surface area contributed by atoms with E-state index in [-0.39, 0.29) is 11.3 Å². The van der Waals surface area contributed by atoms with E-state index in [9.17, 15) is 9.59 Å². The van der Waals surface area contributed by atoms with Gasteiger partial charge in [0.25, 0.3) is 5.91 Å². The van der Waals surface area contributed by atoms with Gasteiger partial charge in [0.05, 0.1) is 35.3 Å². The third-order valence-corrected chi connectivity index (χ3v) is 7.22. The van der Waals surface area contributed by atoms with Crippen LogP contribution in [0.5, 0.6) is 0 Å². The molecule has 0 saturated heterocycles. The van der Waals surface area contributed by atoms with Crippen LogP contribution in [0, 0.1) is 0 Å². The molecule has 0 spiro atoms. The number of amides is 1. The molecule has 1 N–H and O–H groups in total. The molecule has 0 aliphatic carbocycles. The van der Waals surface area contributed by atoms with Crippen molar-refractivity contribution in [1.82, 2.24) is 15.0 Å². The first kappa shape index (κ1) is 23.0. The summed E-state index contributed by atoms with van der Waals surface area (Å²) >= 11 is 13.7. The maximum absolute atomic E-state index is 13.2. The number of hydrogen-bond donors (Lipinski definition) is 1. The Balaban J connectivity index is 1.50. The average Bonchev–Trinajstić information content (AvgIpc) is 3.50. The molecule has 0 saturated carbocycles. The SMILES string of the molecule is COC(=O)c1ccc(-c2cn(-c3ccc(Cl)cc3)nn2)cc1NC(=O)c1sc2ccccc2c1Cl. The van der Waals surface area contributed by atoms with Crippen molar-refractivity contribution in [3.63, 3.8) is 0 Å². The second-order valence-electron chi connectivity index (χ2n) is 7.47. The van der Waals surface area contributed by atoms with Crippen LogP contribution in [0.15, 0.2) is 72.9 Å².